The zero-order chi connectivity index (χ0) is 11.3. The fourth-order valence-corrected chi connectivity index (χ4v) is 2.50. The van der Waals surface area contributed by atoms with Crippen LogP contribution < -0.4 is 4.90 Å². The van der Waals surface area contributed by atoms with Gasteiger partial charge >= 0.3 is 0 Å². The second-order valence-electron chi connectivity index (χ2n) is 5.14. The van der Waals surface area contributed by atoms with Gasteiger partial charge in [-0.1, -0.05) is 6.07 Å². The number of aliphatic hydroxyl groups is 1. The Balaban J connectivity index is 1.96. The van der Waals surface area contributed by atoms with Gasteiger partial charge in [0.15, 0.2) is 0 Å². The average Bonchev–Trinajstić information content (AvgIpc) is 2.84. The zero-order valence-corrected chi connectivity index (χ0v) is 9.53. The van der Waals surface area contributed by atoms with Gasteiger partial charge in [0.25, 0.3) is 0 Å². The van der Waals surface area contributed by atoms with Crippen LogP contribution in [0, 0.1) is 0 Å². The van der Waals surface area contributed by atoms with Crippen LogP contribution in [0.15, 0.2) is 12.1 Å². The zero-order valence-electron chi connectivity index (χ0n) is 9.53. The molecular formula is C13H17NO2. The molecule has 0 radical (unpaired) electrons. The summed E-state index contributed by atoms with van der Waals surface area (Å²) in [6, 6.07) is 4.01. The smallest absolute Gasteiger partial charge is 0.124 e. The highest BCUT2D eigenvalue weighted by atomic mass is 16.3. The highest BCUT2D eigenvalue weighted by molar-refractivity contribution is 5.64. The van der Waals surface area contributed by atoms with Crippen LogP contribution >= 0.6 is 0 Å². The van der Waals surface area contributed by atoms with Crippen molar-refractivity contribution in [3.8, 4) is 5.75 Å². The summed E-state index contributed by atoms with van der Waals surface area (Å²) in [6.45, 7) is 0.969. The molecule has 1 aliphatic carbocycles. The molecule has 1 aromatic rings. The Kier molecular flexibility index (Phi) is 1.96. The number of phenolic OH excluding ortho intramolecular Hbond substituents is 1. The number of rotatable bonds is 2. The average molecular weight is 219 g/mol. The van der Waals surface area contributed by atoms with Crippen molar-refractivity contribution in [2.24, 2.45) is 0 Å². The molecule has 0 saturated heterocycles. The van der Waals surface area contributed by atoms with Crippen molar-refractivity contribution < 1.29 is 10.2 Å². The van der Waals surface area contributed by atoms with Crippen LogP contribution in [0.25, 0.3) is 0 Å². The van der Waals surface area contributed by atoms with Gasteiger partial charge in [0.1, 0.15) is 5.75 Å². The van der Waals surface area contributed by atoms with E-state index in [2.05, 4.69) is 11.0 Å². The minimum atomic E-state index is -0.532. The molecule has 2 aliphatic rings. The monoisotopic (exact) mass is 219 g/mol. The van der Waals surface area contributed by atoms with Crippen LogP contribution in [-0.2, 0) is 12.8 Å². The van der Waals surface area contributed by atoms with Gasteiger partial charge in [0, 0.05) is 31.3 Å². The number of phenols is 1. The van der Waals surface area contributed by atoms with E-state index in [1.807, 2.05) is 13.1 Å². The van der Waals surface area contributed by atoms with Gasteiger partial charge in [-0.15, -0.1) is 0 Å². The first-order valence-electron chi connectivity index (χ1n) is 5.86. The van der Waals surface area contributed by atoms with Gasteiger partial charge in [-0.2, -0.15) is 0 Å². The third-order valence-electron chi connectivity index (χ3n) is 3.80. The summed E-state index contributed by atoms with van der Waals surface area (Å²) in [5.41, 5.74) is 2.54. The van der Waals surface area contributed by atoms with E-state index in [1.165, 1.54) is 0 Å². The second kappa shape index (κ2) is 3.14. The summed E-state index contributed by atoms with van der Waals surface area (Å²) >= 11 is 0. The van der Waals surface area contributed by atoms with Crippen LogP contribution in [-0.4, -0.2) is 29.4 Å². The van der Waals surface area contributed by atoms with E-state index in [-0.39, 0.29) is 0 Å². The third-order valence-corrected chi connectivity index (χ3v) is 3.80. The first-order valence-corrected chi connectivity index (χ1v) is 5.86. The molecule has 2 N–H and O–H groups in total. The summed E-state index contributed by atoms with van der Waals surface area (Å²) < 4.78 is 0. The van der Waals surface area contributed by atoms with Crippen molar-refractivity contribution in [1.82, 2.24) is 0 Å². The Labute approximate surface area is 95.3 Å². The molecule has 3 nitrogen and oxygen atoms in total. The lowest BCUT2D eigenvalue weighted by Gasteiger charge is -2.15. The minimum Gasteiger partial charge on any atom is -0.507 e. The van der Waals surface area contributed by atoms with Gasteiger partial charge in [-0.3, -0.25) is 0 Å². The molecule has 0 amide bonds. The summed E-state index contributed by atoms with van der Waals surface area (Å²) in [5.74, 6) is 0.405. The number of hydrogen-bond acceptors (Lipinski definition) is 3. The van der Waals surface area contributed by atoms with Crippen molar-refractivity contribution in [2.75, 3.05) is 18.5 Å². The Morgan fingerprint density at radius 3 is 2.81 bits per heavy atom. The largest absolute Gasteiger partial charge is 0.507 e. The predicted molar refractivity (Wildman–Crippen MR) is 63.0 cm³/mol. The number of benzene rings is 1. The van der Waals surface area contributed by atoms with Crippen LogP contribution in [0.4, 0.5) is 5.69 Å². The Morgan fingerprint density at radius 2 is 2.12 bits per heavy atom. The topological polar surface area (TPSA) is 43.7 Å². The predicted octanol–water partition coefficient (Wildman–Crippen LogP) is 1.45. The molecule has 1 saturated carbocycles. The normalized spacial score (nSPS) is 21.0. The Hall–Kier alpha value is -1.22. The maximum absolute atomic E-state index is 10.2. The van der Waals surface area contributed by atoms with E-state index in [0.29, 0.717) is 12.2 Å². The van der Waals surface area contributed by atoms with Gasteiger partial charge in [-0.05, 0) is 30.9 Å². The van der Waals surface area contributed by atoms with E-state index in [0.717, 1.165) is 42.6 Å². The van der Waals surface area contributed by atoms with Crippen LogP contribution in [0.3, 0.4) is 0 Å². The molecule has 0 aromatic heterocycles. The molecule has 0 spiro atoms. The van der Waals surface area contributed by atoms with E-state index < -0.39 is 5.60 Å². The van der Waals surface area contributed by atoms with Crippen LogP contribution in [0.1, 0.15) is 24.0 Å². The number of likely N-dealkylation sites (N-methyl/N-ethyl adjacent to an activating group) is 1. The fourth-order valence-electron chi connectivity index (χ4n) is 2.50. The number of fused-ring (bicyclic) bond motifs is 1. The first kappa shape index (κ1) is 9.97. The maximum atomic E-state index is 10.2. The van der Waals surface area contributed by atoms with E-state index in [9.17, 15) is 10.2 Å². The lowest BCUT2D eigenvalue weighted by atomic mass is 10.0. The molecule has 86 valence electrons. The molecule has 0 atom stereocenters. The molecular weight excluding hydrogens is 202 g/mol. The fraction of sp³-hybridized carbons (Fsp3) is 0.538. The lowest BCUT2D eigenvalue weighted by molar-refractivity contribution is 0.150. The molecule has 3 rings (SSSR count). The lowest BCUT2D eigenvalue weighted by Crippen LogP contribution is -2.13. The van der Waals surface area contributed by atoms with Crippen molar-refractivity contribution in [3.63, 3.8) is 0 Å². The third kappa shape index (κ3) is 1.47. The van der Waals surface area contributed by atoms with Crippen LogP contribution in [0.5, 0.6) is 5.75 Å². The molecule has 3 heteroatoms. The summed E-state index contributed by atoms with van der Waals surface area (Å²) in [7, 11) is 2.04. The van der Waals surface area contributed by atoms with Crippen molar-refractivity contribution in [1.29, 1.82) is 0 Å². The highest BCUT2D eigenvalue weighted by Crippen LogP contribution is 2.43. The molecule has 1 fully saturated rings. The SMILES string of the molecule is CN1CCc2c1ccc(CC1(O)CC1)c2O. The Bertz CT molecular complexity index is 438. The highest BCUT2D eigenvalue weighted by Gasteiger charge is 2.41. The van der Waals surface area contributed by atoms with E-state index in [1.54, 1.807) is 0 Å². The van der Waals surface area contributed by atoms with E-state index >= 15 is 0 Å². The first-order chi connectivity index (χ1) is 7.59. The van der Waals surface area contributed by atoms with Crippen molar-refractivity contribution >= 4 is 5.69 Å². The maximum Gasteiger partial charge on any atom is 0.124 e. The van der Waals surface area contributed by atoms with E-state index in [4.69, 9.17) is 0 Å². The number of anilines is 1. The van der Waals surface area contributed by atoms with Gasteiger partial charge in [-0.25, -0.2) is 0 Å². The minimum absolute atomic E-state index is 0.405. The number of hydrogen-bond donors (Lipinski definition) is 2. The standard InChI is InChI=1S/C13H17NO2/c1-14-7-4-10-11(14)3-2-9(12(10)15)8-13(16)5-6-13/h2-3,15-16H,4-8H2,1H3. The second-order valence-corrected chi connectivity index (χ2v) is 5.14. The quantitative estimate of drug-likeness (QED) is 0.791. The summed E-state index contributed by atoms with van der Waals surface area (Å²) in [4.78, 5) is 2.16. The Morgan fingerprint density at radius 1 is 1.38 bits per heavy atom. The molecule has 0 bridgehead atoms. The van der Waals surface area contributed by atoms with Gasteiger partial charge in [0.2, 0.25) is 0 Å². The molecule has 0 unspecified atom stereocenters. The van der Waals surface area contributed by atoms with Gasteiger partial charge < -0.3 is 15.1 Å². The summed E-state index contributed by atoms with van der Waals surface area (Å²) in [6.07, 6.45) is 3.23. The van der Waals surface area contributed by atoms with Crippen LogP contribution in [0.2, 0.25) is 0 Å². The molecule has 1 aromatic carbocycles. The molecule has 1 aliphatic heterocycles. The molecule has 16 heavy (non-hydrogen) atoms. The van der Waals surface area contributed by atoms with Gasteiger partial charge in [0.05, 0.1) is 5.60 Å². The summed E-state index contributed by atoms with van der Waals surface area (Å²) in [5, 5.41) is 20.1. The molecule has 1 heterocycles. The number of aromatic hydroxyl groups is 1. The van der Waals surface area contributed by atoms with Crippen molar-refractivity contribution in [3.05, 3.63) is 23.3 Å². The number of nitrogens with zero attached hydrogens (tertiary/aromatic N) is 1. The van der Waals surface area contributed by atoms with Crippen molar-refractivity contribution in [2.45, 2.75) is 31.3 Å².